The van der Waals surface area contributed by atoms with Crippen molar-refractivity contribution in [3.63, 3.8) is 0 Å². The molecular formula is C23H16BrFN2O. The fraction of sp³-hybridized carbons (Fsp3) is 0.0435. The van der Waals surface area contributed by atoms with Gasteiger partial charge in [-0.3, -0.25) is 4.79 Å². The SMILES string of the molecule is N#C/C(=C\c1ccc(Cc2cccc(F)c2)cc1)C(=O)Nc1ccc(Br)cc1. The largest absolute Gasteiger partial charge is 0.321 e. The number of nitriles is 1. The third-order valence-electron chi connectivity index (χ3n) is 4.06. The summed E-state index contributed by atoms with van der Waals surface area (Å²) in [6.45, 7) is 0. The highest BCUT2D eigenvalue weighted by atomic mass is 79.9. The van der Waals surface area contributed by atoms with E-state index in [2.05, 4.69) is 21.2 Å². The summed E-state index contributed by atoms with van der Waals surface area (Å²) in [5.74, 6) is -0.721. The molecule has 0 radical (unpaired) electrons. The molecule has 0 aliphatic rings. The average Bonchev–Trinajstić information content (AvgIpc) is 2.69. The Morgan fingerprint density at radius 3 is 2.39 bits per heavy atom. The zero-order chi connectivity index (χ0) is 19.9. The highest BCUT2D eigenvalue weighted by molar-refractivity contribution is 9.10. The molecule has 0 unspecified atom stereocenters. The van der Waals surface area contributed by atoms with Gasteiger partial charge in [-0.05, 0) is 65.6 Å². The second-order valence-electron chi connectivity index (χ2n) is 6.18. The highest BCUT2D eigenvalue weighted by Gasteiger charge is 2.09. The summed E-state index contributed by atoms with van der Waals surface area (Å²) >= 11 is 3.33. The molecule has 0 heterocycles. The molecule has 0 aliphatic heterocycles. The number of anilines is 1. The standard InChI is InChI=1S/C23H16BrFN2O/c24-20-8-10-22(11-9-20)27-23(28)19(15-26)13-17-6-4-16(5-7-17)12-18-2-1-3-21(25)14-18/h1-11,13-14H,12H2,(H,27,28)/b19-13+. The van der Waals surface area contributed by atoms with Crippen LogP contribution in [-0.2, 0) is 11.2 Å². The van der Waals surface area contributed by atoms with E-state index in [1.54, 1.807) is 24.3 Å². The van der Waals surface area contributed by atoms with Crippen molar-refractivity contribution in [2.24, 2.45) is 0 Å². The van der Waals surface area contributed by atoms with Gasteiger partial charge in [-0.2, -0.15) is 5.26 Å². The topological polar surface area (TPSA) is 52.9 Å². The summed E-state index contributed by atoms with van der Waals surface area (Å²) in [5, 5.41) is 12.0. The lowest BCUT2D eigenvalue weighted by atomic mass is 10.0. The van der Waals surface area contributed by atoms with Gasteiger partial charge in [-0.15, -0.1) is 0 Å². The van der Waals surface area contributed by atoms with Crippen molar-refractivity contribution in [3.05, 3.63) is 105 Å². The molecule has 5 heteroatoms. The Morgan fingerprint density at radius 1 is 1.04 bits per heavy atom. The number of carbonyl (C=O) groups excluding carboxylic acids is 1. The Balaban J connectivity index is 1.70. The smallest absolute Gasteiger partial charge is 0.266 e. The zero-order valence-electron chi connectivity index (χ0n) is 14.8. The summed E-state index contributed by atoms with van der Waals surface area (Å²) < 4.78 is 14.2. The number of hydrogen-bond acceptors (Lipinski definition) is 2. The molecule has 1 amide bonds. The third kappa shape index (κ3) is 5.38. The first kappa shape index (κ1) is 19.5. The second-order valence-corrected chi connectivity index (χ2v) is 7.09. The van der Waals surface area contributed by atoms with E-state index in [1.807, 2.05) is 48.5 Å². The van der Waals surface area contributed by atoms with Crippen LogP contribution in [0.25, 0.3) is 6.08 Å². The quantitative estimate of drug-likeness (QED) is 0.412. The normalized spacial score (nSPS) is 11.0. The fourth-order valence-electron chi connectivity index (χ4n) is 2.66. The predicted molar refractivity (Wildman–Crippen MR) is 112 cm³/mol. The lowest BCUT2D eigenvalue weighted by Gasteiger charge is -2.05. The molecule has 0 saturated carbocycles. The van der Waals surface area contributed by atoms with Crippen LogP contribution < -0.4 is 5.32 Å². The minimum Gasteiger partial charge on any atom is -0.321 e. The first-order valence-electron chi connectivity index (χ1n) is 8.55. The van der Waals surface area contributed by atoms with Gasteiger partial charge in [0.2, 0.25) is 0 Å². The summed E-state index contributed by atoms with van der Waals surface area (Å²) in [6, 6.07) is 23.0. The van der Waals surface area contributed by atoms with Gasteiger partial charge in [0.05, 0.1) is 0 Å². The van der Waals surface area contributed by atoms with Crippen LogP contribution in [0.15, 0.2) is 82.8 Å². The van der Waals surface area contributed by atoms with Crippen LogP contribution in [0.4, 0.5) is 10.1 Å². The molecule has 0 atom stereocenters. The van der Waals surface area contributed by atoms with Gasteiger partial charge < -0.3 is 5.32 Å². The van der Waals surface area contributed by atoms with Crippen molar-refractivity contribution in [1.82, 2.24) is 0 Å². The first-order valence-corrected chi connectivity index (χ1v) is 9.35. The number of hydrogen-bond donors (Lipinski definition) is 1. The van der Waals surface area contributed by atoms with Gasteiger partial charge in [-0.1, -0.05) is 52.3 Å². The van der Waals surface area contributed by atoms with E-state index in [0.717, 1.165) is 21.2 Å². The van der Waals surface area contributed by atoms with Crippen molar-refractivity contribution in [1.29, 1.82) is 5.26 Å². The number of benzene rings is 3. The van der Waals surface area contributed by atoms with Gasteiger partial charge in [-0.25, -0.2) is 4.39 Å². The van der Waals surface area contributed by atoms with Gasteiger partial charge >= 0.3 is 0 Å². The molecule has 0 saturated heterocycles. The van der Waals surface area contributed by atoms with Gasteiger partial charge in [0.25, 0.3) is 5.91 Å². The summed E-state index contributed by atoms with van der Waals surface area (Å²) in [6.07, 6.45) is 2.15. The zero-order valence-corrected chi connectivity index (χ0v) is 16.4. The Morgan fingerprint density at radius 2 is 1.75 bits per heavy atom. The van der Waals surface area contributed by atoms with Crippen LogP contribution in [0.3, 0.4) is 0 Å². The van der Waals surface area contributed by atoms with Crippen molar-refractivity contribution in [2.45, 2.75) is 6.42 Å². The Hall–Kier alpha value is -3.23. The van der Waals surface area contributed by atoms with Crippen LogP contribution in [0.2, 0.25) is 0 Å². The van der Waals surface area contributed by atoms with Crippen molar-refractivity contribution >= 4 is 33.6 Å². The number of nitrogens with zero attached hydrogens (tertiary/aromatic N) is 1. The van der Waals surface area contributed by atoms with Gasteiger partial charge in [0, 0.05) is 10.2 Å². The van der Waals surface area contributed by atoms with E-state index in [-0.39, 0.29) is 11.4 Å². The molecule has 28 heavy (non-hydrogen) atoms. The monoisotopic (exact) mass is 434 g/mol. The first-order chi connectivity index (χ1) is 13.5. The van der Waals surface area contributed by atoms with E-state index in [4.69, 9.17) is 0 Å². The van der Waals surface area contributed by atoms with Crippen LogP contribution in [0, 0.1) is 17.1 Å². The molecule has 3 rings (SSSR count). The maximum atomic E-state index is 13.3. The Bertz CT molecular complexity index is 1050. The van der Waals surface area contributed by atoms with Crippen LogP contribution in [0.1, 0.15) is 16.7 Å². The van der Waals surface area contributed by atoms with E-state index in [9.17, 15) is 14.4 Å². The van der Waals surface area contributed by atoms with E-state index in [1.165, 1.54) is 12.1 Å². The van der Waals surface area contributed by atoms with E-state index >= 15 is 0 Å². The fourth-order valence-corrected chi connectivity index (χ4v) is 2.93. The van der Waals surface area contributed by atoms with E-state index in [0.29, 0.717) is 12.1 Å². The number of nitrogens with one attached hydrogen (secondary N) is 1. The minimum absolute atomic E-state index is 0.0146. The van der Waals surface area contributed by atoms with Gasteiger partial charge in [0.15, 0.2) is 0 Å². The minimum atomic E-state index is -0.464. The maximum absolute atomic E-state index is 13.3. The Kier molecular flexibility index (Phi) is 6.36. The molecule has 138 valence electrons. The predicted octanol–water partition coefficient (Wildman–Crippen LogP) is 5.72. The molecule has 0 spiro atoms. The molecule has 0 bridgehead atoms. The summed E-state index contributed by atoms with van der Waals surface area (Å²) in [4.78, 5) is 12.3. The molecule has 3 nitrogen and oxygen atoms in total. The summed E-state index contributed by atoms with van der Waals surface area (Å²) in [7, 11) is 0. The maximum Gasteiger partial charge on any atom is 0.266 e. The molecule has 0 aliphatic carbocycles. The second kappa shape index (κ2) is 9.12. The third-order valence-corrected chi connectivity index (χ3v) is 4.58. The average molecular weight is 435 g/mol. The molecule has 1 N–H and O–H groups in total. The van der Waals surface area contributed by atoms with Crippen molar-refractivity contribution < 1.29 is 9.18 Å². The van der Waals surface area contributed by atoms with Gasteiger partial charge in [0.1, 0.15) is 17.5 Å². The molecule has 0 fully saturated rings. The molecule has 3 aromatic rings. The summed E-state index contributed by atoms with van der Waals surface area (Å²) in [5.41, 5.74) is 3.27. The lowest BCUT2D eigenvalue weighted by Crippen LogP contribution is -2.13. The van der Waals surface area contributed by atoms with Crippen LogP contribution in [0.5, 0.6) is 0 Å². The number of rotatable bonds is 5. The number of carbonyl (C=O) groups is 1. The molecule has 0 aromatic heterocycles. The van der Waals surface area contributed by atoms with Crippen molar-refractivity contribution in [3.8, 4) is 6.07 Å². The number of halogens is 2. The van der Waals surface area contributed by atoms with Crippen LogP contribution >= 0.6 is 15.9 Å². The molecule has 3 aromatic carbocycles. The van der Waals surface area contributed by atoms with Crippen LogP contribution in [-0.4, -0.2) is 5.91 Å². The van der Waals surface area contributed by atoms with Crippen molar-refractivity contribution in [2.75, 3.05) is 5.32 Å². The highest BCUT2D eigenvalue weighted by Crippen LogP contribution is 2.17. The number of amides is 1. The Labute approximate surface area is 171 Å². The lowest BCUT2D eigenvalue weighted by molar-refractivity contribution is -0.112. The van der Waals surface area contributed by atoms with E-state index < -0.39 is 5.91 Å². The molecular weight excluding hydrogens is 419 g/mol.